The summed E-state index contributed by atoms with van der Waals surface area (Å²) in [4.78, 5) is 10.9. The van der Waals surface area contributed by atoms with Gasteiger partial charge in [0.2, 0.25) is 0 Å². The lowest BCUT2D eigenvalue weighted by molar-refractivity contribution is -0.117. The first-order valence-electron chi connectivity index (χ1n) is 12.7. The maximum absolute atomic E-state index is 10.9. The van der Waals surface area contributed by atoms with Gasteiger partial charge in [0.1, 0.15) is 5.78 Å². The fourth-order valence-electron chi connectivity index (χ4n) is 3.90. The predicted octanol–water partition coefficient (Wildman–Crippen LogP) is 9.42. The Hall–Kier alpha value is -0.330. The van der Waals surface area contributed by atoms with Crippen molar-refractivity contribution in [2.45, 2.75) is 156 Å². The Morgan fingerprint density at radius 1 is 0.556 bits per heavy atom. The molecule has 1 atom stereocenters. The van der Waals surface area contributed by atoms with E-state index in [1.165, 1.54) is 122 Å². The third-order valence-corrected chi connectivity index (χ3v) is 6.17. The van der Waals surface area contributed by atoms with E-state index in [4.69, 9.17) is 0 Å². The van der Waals surface area contributed by atoms with Gasteiger partial charge in [-0.05, 0) is 19.3 Å². The molecule has 0 saturated carbocycles. The van der Waals surface area contributed by atoms with Crippen LogP contribution in [0.3, 0.4) is 0 Å². The van der Waals surface area contributed by atoms with Gasteiger partial charge in [-0.25, -0.2) is 0 Å². The summed E-state index contributed by atoms with van der Waals surface area (Å²) in [5.74, 6) is 1.29. The third kappa shape index (κ3) is 23.6. The summed E-state index contributed by atoms with van der Waals surface area (Å²) >= 11 is 0. The highest BCUT2D eigenvalue weighted by atomic mass is 16.1. The second-order valence-corrected chi connectivity index (χ2v) is 9.12. The van der Waals surface area contributed by atoms with Crippen molar-refractivity contribution in [2.24, 2.45) is 5.92 Å². The molecule has 0 rings (SSSR count). The molecule has 0 aromatic heterocycles. The van der Waals surface area contributed by atoms with Gasteiger partial charge in [-0.1, -0.05) is 136 Å². The quantitative estimate of drug-likeness (QED) is 0.171. The molecule has 0 radical (unpaired) electrons. The zero-order valence-electron chi connectivity index (χ0n) is 19.3. The van der Waals surface area contributed by atoms with Crippen LogP contribution in [0.4, 0.5) is 0 Å². The molecule has 1 unspecified atom stereocenters. The van der Waals surface area contributed by atoms with Crippen molar-refractivity contribution >= 4 is 5.78 Å². The van der Waals surface area contributed by atoms with Gasteiger partial charge in [-0.3, -0.25) is 0 Å². The van der Waals surface area contributed by atoms with E-state index in [0.717, 1.165) is 18.8 Å². The van der Waals surface area contributed by atoms with Crippen LogP contribution >= 0.6 is 0 Å². The molecule has 162 valence electrons. The van der Waals surface area contributed by atoms with Crippen molar-refractivity contribution < 1.29 is 4.79 Å². The molecule has 0 aromatic rings. The van der Waals surface area contributed by atoms with Crippen LogP contribution < -0.4 is 0 Å². The molecular weight excluding hydrogens is 328 g/mol. The summed E-state index contributed by atoms with van der Waals surface area (Å²) in [5.41, 5.74) is 0. The first-order valence-corrected chi connectivity index (χ1v) is 12.7. The first-order chi connectivity index (χ1) is 13.2. The van der Waals surface area contributed by atoms with Crippen molar-refractivity contribution in [1.29, 1.82) is 0 Å². The molecule has 0 saturated heterocycles. The summed E-state index contributed by atoms with van der Waals surface area (Å²) in [6.07, 6.45) is 29.0. The first kappa shape index (κ1) is 26.7. The average Bonchev–Trinajstić information content (AvgIpc) is 2.65. The number of ketones is 1. The SMILES string of the molecule is CCC(C)CCCCCCCCCCCCCCCCCCCCC(C)=O. The standard InChI is InChI=1S/C26H52O/c1-4-25(2)23-21-19-17-15-13-11-9-7-5-6-8-10-12-14-16-18-20-22-24-26(3)27/h25H,4-24H2,1-3H3. The van der Waals surface area contributed by atoms with Gasteiger partial charge in [0.25, 0.3) is 0 Å². The summed E-state index contributed by atoms with van der Waals surface area (Å²) in [6, 6.07) is 0. The molecule has 0 aliphatic heterocycles. The number of Topliss-reactive ketones (excluding diaryl/α,β-unsaturated/α-hetero) is 1. The number of hydrogen-bond donors (Lipinski definition) is 0. The number of carbonyl (C=O) groups is 1. The van der Waals surface area contributed by atoms with Crippen LogP contribution in [0, 0.1) is 5.92 Å². The van der Waals surface area contributed by atoms with Gasteiger partial charge in [0, 0.05) is 6.42 Å². The zero-order chi connectivity index (χ0) is 20.0. The highest BCUT2D eigenvalue weighted by molar-refractivity contribution is 5.75. The minimum Gasteiger partial charge on any atom is -0.300 e. The Bertz CT molecular complexity index is 297. The van der Waals surface area contributed by atoms with E-state index in [9.17, 15) is 4.79 Å². The number of carbonyl (C=O) groups excluding carboxylic acids is 1. The molecule has 0 heterocycles. The molecule has 0 aromatic carbocycles. The van der Waals surface area contributed by atoms with Gasteiger partial charge >= 0.3 is 0 Å². The molecule has 0 fully saturated rings. The fourth-order valence-corrected chi connectivity index (χ4v) is 3.90. The molecule has 0 spiro atoms. The molecular formula is C26H52O. The Balaban J connectivity index is 3.02. The second-order valence-electron chi connectivity index (χ2n) is 9.12. The molecule has 0 aliphatic carbocycles. The summed E-state index contributed by atoms with van der Waals surface area (Å²) < 4.78 is 0. The Kier molecular flexibility index (Phi) is 21.7. The van der Waals surface area contributed by atoms with E-state index >= 15 is 0 Å². The molecule has 1 heteroatoms. The van der Waals surface area contributed by atoms with Gasteiger partial charge < -0.3 is 4.79 Å². The van der Waals surface area contributed by atoms with Crippen molar-refractivity contribution in [3.05, 3.63) is 0 Å². The lowest BCUT2D eigenvalue weighted by Crippen LogP contribution is -1.91. The van der Waals surface area contributed by atoms with Crippen LogP contribution in [0.1, 0.15) is 156 Å². The lowest BCUT2D eigenvalue weighted by Gasteiger charge is -2.07. The van der Waals surface area contributed by atoms with Crippen LogP contribution in [-0.4, -0.2) is 5.78 Å². The van der Waals surface area contributed by atoms with Crippen LogP contribution in [0.25, 0.3) is 0 Å². The zero-order valence-corrected chi connectivity index (χ0v) is 19.3. The van der Waals surface area contributed by atoms with Crippen LogP contribution in [0.5, 0.6) is 0 Å². The van der Waals surface area contributed by atoms with Gasteiger partial charge in [-0.2, -0.15) is 0 Å². The van der Waals surface area contributed by atoms with Crippen LogP contribution in [0.15, 0.2) is 0 Å². The van der Waals surface area contributed by atoms with E-state index in [0.29, 0.717) is 5.78 Å². The van der Waals surface area contributed by atoms with Gasteiger partial charge in [0.15, 0.2) is 0 Å². The molecule has 0 bridgehead atoms. The predicted molar refractivity (Wildman–Crippen MR) is 122 cm³/mol. The number of unbranched alkanes of at least 4 members (excludes halogenated alkanes) is 17. The molecule has 1 nitrogen and oxygen atoms in total. The third-order valence-electron chi connectivity index (χ3n) is 6.17. The van der Waals surface area contributed by atoms with E-state index in [-0.39, 0.29) is 0 Å². The van der Waals surface area contributed by atoms with Crippen LogP contribution in [0.2, 0.25) is 0 Å². The molecule has 0 amide bonds. The Morgan fingerprint density at radius 3 is 1.15 bits per heavy atom. The fraction of sp³-hybridized carbons (Fsp3) is 0.962. The summed E-state index contributed by atoms with van der Waals surface area (Å²) in [6.45, 7) is 6.41. The van der Waals surface area contributed by atoms with Crippen molar-refractivity contribution in [3.8, 4) is 0 Å². The highest BCUT2D eigenvalue weighted by Gasteiger charge is 1.98. The van der Waals surface area contributed by atoms with Gasteiger partial charge in [0.05, 0.1) is 0 Å². The lowest BCUT2D eigenvalue weighted by atomic mass is 9.99. The molecule has 0 N–H and O–H groups in total. The maximum atomic E-state index is 10.9. The van der Waals surface area contributed by atoms with E-state index < -0.39 is 0 Å². The Morgan fingerprint density at radius 2 is 0.852 bits per heavy atom. The van der Waals surface area contributed by atoms with Gasteiger partial charge in [-0.15, -0.1) is 0 Å². The minimum absolute atomic E-state index is 0.350. The smallest absolute Gasteiger partial charge is 0.129 e. The average molecular weight is 381 g/mol. The number of rotatable bonds is 22. The highest BCUT2D eigenvalue weighted by Crippen LogP contribution is 2.16. The molecule has 27 heavy (non-hydrogen) atoms. The van der Waals surface area contributed by atoms with Crippen molar-refractivity contribution in [3.63, 3.8) is 0 Å². The Labute approximate surface area is 172 Å². The van der Waals surface area contributed by atoms with Crippen molar-refractivity contribution in [1.82, 2.24) is 0 Å². The second kappa shape index (κ2) is 22.0. The summed E-state index contributed by atoms with van der Waals surface area (Å²) in [5, 5.41) is 0. The molecule has 0 aliphatic rings. The van der Waals surface area contributed by atoms with Crippen molar-refractivity contribution in [2.75, 3.05) is 0 Å². The normalized spacial score (nSPS) is 12.4. The summed E-state index contributed by atoms with van der Waals surface area (Å²) in [7, 11) is 0. The van der Waals surface area contributed by atoms with E-state index in [1.54, 1.807) is 6.92 Å². The van der Waals surface area contributed by atoms with Crippen LogP contribution in [-0.2, 0) is 4.79 Å². The minimum atomic E-state index is 0.350. The maximum Gasteiger partial charge on any atom is 0.129 e. The van der Waals surface area contributed by atoms with E-state index in [2.05, 4.69) is 13.8 Å². The van der Waals surface area contributed by atoms with E-state index in [1.807, 2.05) is 0 Å². The number of hydrogen-bond acceptors (Lipinski definition) is 1. The topological polar surface area (TPSA) is 17.1 Å². The monoisotopic (exact) mass is 380 g/mol. The largest absolute Gasteiger partial charge is 0.300 e.